The standard InChI is InChI=1S/C12H14BN3O2/c1-9(10-5-3-2-4-6-10)16-12-14-7-11(8-15-12)13(17)18/h2-9,17-18H,1H3,(H,14,15,16). The average Bonchev–Trinajstić information content (AvgIpc) is 2.40. The van der Waals surface area contributed by atoms with Crippen molar-refractivity contribution in [3.63, 3.8) is 0 Å². The minimum atomic E-state index is -1.54. The number of rotatable bonds is 4. The minimum absolute atomic E-state index is 0.0797. The zero-order valence-electron chi connectivity index (χ0n) is 9.99. The van der Waals surface area contributed by atoms with Gasteiger partial charge in [-0.05, 0) is 12.5 Å². The number of aromatic nitrogens is 2. The van der Waals surface area contributed by atoms with Gasteiger partial charge in [0.2, 0.25) is 5.95 Å². The molecule has 92 valence electrons. The van der Waals surface area contributed by atoms with Crippen LogP contribution in [0.2, 0.25) is 0 Å². The molecule has 1 heterocycles. The molecule has 1 atom stereocenters. The lowest BCUT2D eigenvalue weighted by atomic mass is 9.83. The summed E-state index contributed by atoms with van der Waals surface area (Å²) in [5, 5.41) is 21.0. The van der Waals surface area contributed by atoms with Crippen molar-refractivity contribution < 1.29 is 10.0 Å². The van der Waals surface area contributed by atoms with E-state index in [1.807, 2.05) is 37.3 Å². The summed E-state index contributed by atoms with van der Waals surface area (Å²) in [6.07, 6.45) is 2.77. The molecule has 0 aliphatic rings. The Labute approximate surface area is 106 Å². The second-order valence-electron chi connectivity index (χ2n) is 3.99. The molecule has 0 saturated carbocycles. The van der Waals surface area contributed by atoms with Crippen molar-refractivity contribution >= 4 is 18.5 Å². The molecule has 1 unspecified atom stereocenters. The SMILES string of the molecule is CC(Nc1ncc(B(O)O)cn1)c1ccccc1. The van der Waals surface area contributed by atoms with Crippen molar-refractivity contribution in [2.24, 2.45) is 0 Å². The lowest BCUT2D eigenvalue weighted by Crippen LogP contribution is -2.30. The third-order valence-corrected chi connectivity index (χ3v) is 2.62. The van der Waals surface area contributed by atoms with E-state index < -0.39 is 7.12 Å². The van der Waals surface area contributed by atoms with Gasteiger partial charge in [0.15, 0.2) is 0 Å². The number of hydrogen-bond donors (Lipinski definition) is 3. The molecule has 1 aromatic carbocycles. The fraction of sp³-hybridized carbons (Fsp3) is 0.167. The summed E-state index contributed by atoms with van der Waals surface area (Å²) in [4.78, 5) is 8.05. The van der Waals surface area contributed by atoms with Gasteiger partial charge in [-0.1, -0.05) is 30.3 Å². The highest BCUT2D eigenvalue weighted by Gasteiger charge is 2.12. The molecule has 5 nitrogen and oxygen atoms in total. The summed E-state index contributed by atoms with van der Waals surface area (Å²) >= 11 is 0. The number of hydrogen-bond acceptors (Lipinski definition) is 5. The van der Waals surface area contributed by atoms with Gasteiger partial charge in [-0.15, -0.1) is 0 Å². The van der Waals surface area contributed by atoms with E-state index in [9.17, 15) is 0 Å². The normalized spacial score (nSPS) is 11.9. The first kappa shape index (κ1) is 12.5. The second-order valence-corrected chi connectivity index (χ2v) is 3.99. The Morgan fingerprint density at radius 1 is 1.11 bits per heavy atom. The van der Waals surface area contributed by atoms with E-state index in [0.717, 1.165) is 5.56 Å². The molecule has 0 aliphatic carbocycles. The van der Waals surface area contributed by atoms with Crippen molar-refractivity contribution in [2.75, 3.05) is 5.32 Å². The van der Waals surface area contributed by atoms with Crippen molar-refractivity contribution in [1.29, 1.82) is 0 Å². The molecule has 0 radical (unpaired) electrons. The third kappa shape index (κ3) is 3.06. The Balaban J connectivity index is 2.05. The zero-order valence-corrected chi connectivity index (χ0v) is 9.99. The lowest BCUT2D eigenvalue weighted by Gasteiger charge is -2.14. The van der Waals surface area contributed by atoms with Crippen LogP contribution in [0.4, 0.5) is 5.95 Å². The first-order valence-electron chi connectivity index (χ1n) is 5.66. The van der Waals surface area contributed by atoms with E-state index in [0.29, 0.717) is 5.95 Å². The maximum atomic E-state index is 8.93. The molecule has 2 aromatic rings. The summed E-state index contributed by atoms with van der Waals surface area (Å²) in [7, 11) is -1.54. The average molecular weight is 243 g/mol. The van der Waals surface area contributed by atoms with E-state index in [1.165, 1.54) is 12.4 Å². The Morgan fingerprint density at radius 3 is 2.28 bits per heavy atom. The summed E-state index contributed by atoms with van der Waals surface area (Å²) in [6, 6.07) is 10.0. The van der Waals surface area contributed by atoms with Crippen molar-refractivity contribution in [2.45, 2.75) is 13.0 Å². The number of nitrogens with one attached hydrogen (secondary N) is 1. The van der Waals surface area contributed by atoms with Crippen LogP contribution in [0.1, 0.15) is 18.5 Å². The Hall–Kier alpha value is -1.92. The van der Waals surface area contributed by atoms with Gasteiger partial charge in [0, 0.05) is 17.9 Å². The van der Waals surface area contributed by atoms with E-state index in [4.69, 9.17) is 10.0 Å². The minimum Gasteiger partial charge on any atom is -0.423 e. The number of anilines is 1. The van der Waals surface area contributed by atoms with Gasteiger partial charge in [0.1, 0.15) is 0 Å². The molecule has 1 aromatic heterocycles. The molecule has 0 amide bonds. The van der Waals surface area contributed by atoms with E-state index >= 15 is 0 Å². The molecular weight excluding hydrogens is 229 g/mol. The molecule has 0 aliphatic heterocycles. The van der Waals surface area contributed by atoms with E-state index in [2.05, 4.69) is 15.3 Å². The first-order chi connectivity index (χ1) is 8.66. The van der Waals surface area contributed by atoms with Crippen LogP contribution in [0, 0.1) is 0 Å². The smallest absolute Gasteiger partial charge is 0.423 e. The topological polar surface area (TPSA) is 78.3 Å². The van der Waals surface area contributed by atoms with Crippen molar-refractivity contribution in [1.82, 2.24) is 9.97 Å². The van der Waals surface area contributed by atoms with E-state index in [1.54, 1.807) is 0 Å². The van der Waals surface area contributed by atoms with Gasteiger partial charge >= 0.3 is 7.12 Å². The quantitative estimate of drug-likeness (QED) is 0.674. The molecule has 6 heteroatoms. The largest absolute Gasteiger partial charge is 0.491 e. The third-order valence-electron chi connectivity index (χ3n) is 2.62. The first-order valence-corrected chi connectivity index (χ1v) is 5.66. The van der Waals surface area contributed by atoms with Crippen LogP contribution in [0.25, 0.3) is 0 Å². The Bertz CT molecular complexity index is 490. The van der Waals surface area contributed by atoms with Gasteiger partial charge in [-0.2, -0.15) is 0 Å². The van der Waals surface area contributed by atoms with Gasteiger partial charge in [-0.3, -0.25) is 0 Å². The molecule has 3 N–H and O–H groups in total. The van der Waals surface area contributed by atoms with Crippen LogP contribution >= 0.6 is 0 Å². The van der Waals surface area contributed by atoms with Crippen molar-refractivity contribution in [3.05, 3.63) is 48.3 Å². The van der Waals surface area contributed by atoms with E-state index in [-0.39, 0.29) is 11.5 Å². The molecule has 2 rings (SSSR count). The molecule has 18 heavy (non-hydrogen) atoms. The van der Waals surface area contributed by atoms with Crippen molar-refractivity contribution in [3.8, 4) is 0 Å². The monoisotopic (exact) mass is 243 g/mol. The molecule has 0 bridgehead atoms. The summed E-state index contributed by atoms with van der Waals surface area (Å²) in [6.45, 7) is 2.01. The predicted molar refractivity (Wildman–Crippen MR) is 70.3 cm³/mol. The van der Waals surface area contributed by atoms with Crippen LogP contribution in [0.15, 0.2) is 42.7 Å². The maximum Gasteiger partial charge on any atom is 0.491 e. The van der Waals surface area contributed by atoms with Crippen LogP contribution in [-0.2, 0) is 0 Å². The van der Waals surface area contributed by atoms with Crippen LogP contribution in [0.3, 0.4) is 0 Å². The Morgan fingerprint density at radius 2 is 1.72 bits per heavy atom. The number of nitrogens with zero attached hydrogens (tertiary/aromatic N) is 2. The summed E-state index contributed by atoms with van der Waals surface area (Å²) in [5.74, 6) is 0.454. The summed E-state index contributed by atoms with van der Waals surface area (Å²) in [5.41, 5.74) is 1.40. The predicted octanol–water partition coefficient (Wildman–Crippen LogP) is 0.329. The highest BCUT2D eigenvalue weighted by atomic mass is 16.4. The fourth-order valence-corrected chi connectivity index (χ4v) is 1.56. The molecule has 0 saturated heterocycles. The van der Waals surface area contributed by atoms with Crippen LogP contribution in [0.5, 0.6) is 0 Å². The fourth-order valence-electron chi connectivity index (χ4n) is 1.56. The van der Waals surface area contributed by atoms with Crippen LogP contribution < -0.4 is 10.8 Å². The van der Waals surface area contributed by atoms with Crippen LogP contribution in [-0.4, -0.2) is 27.1 Å². The van der Waals surface area contributed by atoms with Gasteiger partial charge in [0.25, 0.3) is 0 Å². The second kappa shape index (κ2) is 5.62. The highest BCUT2D eigenvalue weighted by Crippen LogP contribution is 2.15. The molecule has 0 spiro atoms. The van der Waals surface area contributed by atoms with Gasteiger partial charge < -0.3 is 15.4 Å². The summed E-state index contributed by atoms with van der Waals surface area (Å²) < 4.78 is 0. The lowest BCUT2D eigenvalue weighted by molar-refractivity contribution is 0.425. The van der Waals surface area contributed by atoms with Gasteiger partial charge in [0.05, 0.1) is 6.04 Å². The van der Waals surface area contributed by atoms with Gasteiger partial charge in [-0.25, -0.2) is 9.97 Å². The maximum absolute atomic E-state index is 8.93. The highest BCUT2D eigenvalue weighted by molar-refractivity contribution is 6.58. The molecular formula is C12H14BN3O2. The Kier molecular flexibility index (Phi) is 3.91. The zero-order chi connectivity index (χ0) is 13.0. The molecule has 0 fully saturated rings. The number of benzene rings is 1.